The zero-order valence-corrected chi connectivity index (χ0v) is 19.8. The Kier molecular flexibility index (Phi) is 6.33. The molecule has 1 aliphatic heterocycles. The second kappa shape index (κ2) is 9.40. The van der Waals surface area contributed by atoms with E-state index in [1.165, 1.54) is 39.0 Å². The molecule has 0 spiro atoms. The highest BCUT2D eigenvalue weighted by molar-refractivity contribution is 5.92. The summed E-state index contributed by atoms with van der Waals surface area (Å²) >= 11 is 0. The van der Waals surface area contributed by atoms with Gasteiger partial charge in [-0.05, 0) is 86.3 Å². The average molecular weight is 463 g/mol. The highest BCUT2D eigenvalue weighted by Crippen LogP contribution is 2.53. The summed E-state index contributed by atoms with van der Waals surface area (Å²) in [5.74, 6) is 2.37. The lowest BCUT2D eigenvalue weighted by molar-refractivity contribution is -0.142. The summed E-state index contributed by atoms with van der Waals surface area (Å²) < 4.78 is 0. The van der Waals surface area contributed by atoms with Crippen LogP contribution in [0.5, 0.6) is 0 Å². The highest BCUT2D eigenvalue weighted by atomic mass is 16.2. The van der Waals surface area contributed by atoms with Gasteiger partial charge in [0.15, 0.2) is 0 Å². The number of carbonyl (C=O) groups is 3. The molecule has 7 heteroatoms. The predicted octanol–water partition coefficient (Wildman–Crippen LogP) is 2.54. The van der Waals surface area contributed by atoms with E-state index in [0.29, 0.717) is 36.8 Å². The van der Waals surface area contributed by atoms with Crippen molar-refractivity contribution < 1.29 is 14.4 Å². The number of hydrogen-bond acceptors (Lipinski definition) is 4. The smallest absolute Gasteiger partial charge is 0.246 e. The van der Waals surface area contributed by atoms with E-state index >= 15 is 0 Å². The highest BCUT2D eigenvalue weighted by Gasteiger charge is 2.49. The summed E-state index contributed by atoms with van der Waals surface area (Å²) in [7, 11) is 0. The number of amides is 3. The van der Waals surface area contributed by atoms with Gasteiger partial charge in [-0.25, -0.2) is 0 Å². The maximum absolute atomic E-state index is 13.5. The first-order chi connectivity index (χ1) is 16.4. The molecule has 1 saturated heterocycles. The van der Waals surface area contributed by atoms with Gasteiger partial charge in [-0.3, -0.25) is 14.4 Å². The van der Waals surface area contributed by atoms with Crippen LogP contribution in [0.1, 0.15) is 63.0 Å². The summed E-state index contributed by atoms with van der Waals surface area (Å²) in [5.41, 5.74) is 1.41. The van der Waals surface area contributed by atoms with Gasteiger partial charge in [0.1, 0.15) is 12.1 Å². The maximum Gasteiger partial charge on any atom is 0.246 e. The lowest BCUT2D eigenvalue weighted by atomic mass is 9.54. The minimum absolute atomic E-state index is 0.0247. The fraction of sp³-hybridized carbons (Fsp3) is 0.630. The molecule has 6 rings (SSSR count). The van der Waals surface area contributed by atoms with Crippen LogP contribution in [-0.2, 0) is 20.8 Å². The first kappa shape index (κ1) is 22.9. The van der Waals surface area contributed by atoms with Gasteiger partial charge in [0, 0.05) is 25.9 Å². The van der Waals surface area contributed by atoms with Crippen LogP contribution >= 0.6 is 0 Å². The van der Waals surface area contributed by atoms with Gasteiger partial charge in [-0.15, -0.1) is 0 Å². The van der Waals surface area contributed by atoms with E-state index in [-0.39, 0.29) is 23.8 Å². The number of rotatable bonds is 6. The Hall–Kier alpha value is -2.88. The zero-order valence-electron chi connectivity index (χ0n) is 19.8. The van der Waals surface area contributed by atoms with Gasteiger partial charge in [-0.1, -0.05) is 12.1 Å². The molecule has 5 aliphatic rings. The SMILES string of the molecule is CC(=O)NC(Cc1ccc(C#N)cc1)C(=O)N1CCCC1C(=O)NC1C2CC3CC(C2)CC1C3. The number of likely N-dealkylation sites (tertiary alicyclic amines) is 1. The molecule has 4 bridgehead atoms. The number of nitrogens with one attached hydrogen (secondary N) is 2. The Morgan fingerprint density at radius 2 is 1.71 bits per heavy atom. The summed E-state index contributed by atoms with van der Waals surface area (Å²) in [5, 5.41) is 15.2. The van der Waals surface area contributed by atoms with Gasteiger partial charge in [0.25, 0.3) is 0 Å². The molecule has 0 radical (unpaired) electrons. The standard InChI is InChI=1S/C27H34N4O3/c1-16(32)29-23(14-17-4-6-18(15-28)7-5-17)27(34)31-8-2-3-24(31)26(33)30-25-21-10-19-9-20(12-21)13-22(25)11-19/h4-7,19-25H,2-3,8-14H2,1H3,(H,29,32)(H,30,33). The van der Waals surface area contributed by atoms with Crippen molar-refractivity contribution in [3.8, 4) is 6.07 Å². The van der Waals surface area contributed by atoms with Crippen molar-refractivity contribution in [1.29, 1.82) is 5.26 Å². The van der Waals surface area contributed by atoms with Crippen LogP contribution in [0, 0.1) is 35.0 Å². The summed E-state index contributed by atoms with van der Waals surface area (Å²) in [6.45, 7) is 1.93. The Bertz CT molecular complexity index is 970. The van der Waals surface area contributed by atoms with E-state index in [0.717, 1.165) is 23.8 Å². The van der Waals surface area contributed by atoms with Crippen molar-refractivity contribution in [2.75, 3.05) is 6.54 Å². The summed E-state index contributed by atoms with van der Waals surface area (Å²) in [4.78, 5) is 40.5. The Balaban J connectivity index is 1.26. The average Bonchev–Trinajstić information content (AvgIpc) is 3.30. The minimum atomic E-state index is -0.736. The molecule has 4 saturated carbocycles. The molecular formula is C27H34N4O3. The molecule has 0 aromatic heterocycles. The Labute approximate surface area is 201 Å². The first-order valence-electron chi connectivity index (χ1n) is 12.8. The van der Waals surface area contributed by atoms with Crippen molar-refractivity contribution >= 4 is 17.7 Å². The number of nitriles is 1. The number of hydrogen-bond donors (Lipinski definition) is 2. The Morgan fingerprint density at radius 3 is 2.29 bits per heavy atom. The molecule has 2 N–H and O–H groups in total. The molecule has 1 heterocycles. The second-order valence-electron chi connectivity index (χ2n) is 10.9. The van der Waals surface area contributed by atoms with Gasteiger partial charge in [-0.2, -0.15) is 5.26 Å². The van der Waals surface area contributed by atoms with Crippen molar-refractivity contribution in [2.24, 2.45) is 23.7 Å². The number of nitrogens with zero attached hydrogens (tertiary/aromatic N) is 2. The monoisotopic (exact) mass is 462 g/mol. The zero-order chi connectivity index (χ0) is 23.8. The molecule has 7 nitrogen and oxygen atoms in total. The van der Waals surface area contributed by atoms with E-state index in [1.54, 1.807) is 29.2 Å². The van der Waals surface area contributed by atoms with E-state index in [2.05, 4.69) is 16.7 Å². The van der Waals surface area contributed by atoms with Gasteiger partial charge in [0.05, 0.1) is 11.6 Å². The molecule has 180 valence electrons. The first-order valence-corrected chi connectivity index (χ1v) is 12.8. The van der Waals surface area contributed by atoms with Crippen LogP contribution in [0.2, 0.25) is 0 Å². The quantitative estimate of drug-likeness (QED) is 0.678. The van der Waals surface area contributed by atoms with Crippen molar-refractivity contribution in [2.45, 2.75) is 76.4 Å². The Morgan fingerprint density at radius 1 is 1.06 bits per heavy atom. The van der Waals surface area contributed by atoms with Crippen molar-refractivity contribution in [1.82, 2.24) is 15.5 Å². The van der Waals surface area contributed by atoms with E-state index in [9.17, 15) is 14.4 Å². The lowest BCUT2D eigenvalue weighted by Gasteiger charge is -2.54. The third kappa shape index (κ3) is 4.55. The largest absolute Gasteiger partial charge is 0.351 e. The van der Waals surface area contributed by atoms with Crippen molar-refractivity contribution in [3.63, 3.8) is 0 Å². The summed E-state index contributed by atoms with van der Waals surface area (Å²) in [6, 6.07) is 8.17. The molecule has 3 amide bonds. The van der Waals surface area contributed by atoms with E-state index in [4.69, 9.17) is 5.26 Å². The lowest BCUT2D eigenvalue weighted by Crippen LogP contribution is -2.59. The third-order valence-electron chi connectivity index (χ3n) is 8.57. The molecule has 34 heavy (non-hydrogen) atoms. The maximum atomic E-state index is 13.5. The van der Waals surface area contributed by atoms with Gasteiger partial charge >= 0.3 is 0 Å². The second-order valence-corrected chi connectivity index (χ2v) is 10.9. The summed E-state index contributed by atoms with van der Waals surface area (Å²) in [6.07, 6.45) is 8.10. The molecule has 4 aliphatic carbocycles. The van der Waals surface area contributed by atoms with E-state index < -0.39 is 12.1 Å². The van der Waals surface area contributed by atoms with E-state index in [1.807, 2.05) is 0 Å². The minimum Gasteiger partial charge on any atom is -0.351 e. The number of carbonyl (C=O) groups excluding carboxylic acids is 3. The van der Waals surface area contributed by atoms with Crippen LogP contribution in [0.25, 0.3) is 0 Å². The molecule has 1 aromatic rings. The molecule has 2 unspecified atom stereocenters. The van der Waals surface area contributed by atoms with Crippen LogP contribution in [-0.4, -0.2) is 47.3 Å². The topological polar surface area (TPSA) is 102 Å². The van der Waals surface area contributed by atoms with Crippen LogP contribution in [0.4, 0.5) is 0 Å². The molecule has 1 aromatic carbocycles. The molecule has 5 fully saturated rings. The number of benzene rings is 1. The van der Waals surface area contributed by atoms with Gasteiger partial charge in [0.2, 0.25) is 17.7 Å². The normalized spacial score (nSPS) is 32.2. The van der Waals surface area contributed by atoms with Gasteiger partial charge < -0.3 is 15.5 Å². The molecule has 2 atom stereocenters. The van der Waals surface area contributed by atoms with Crippen LogP contribution < -0.4 is 10.6 Å². The predicted molar refractivity (Wildman–Crippen MR) is 126 cm³/mol. The van der Waals surface area contributed by atoms with Crippen LogP contribution in [0.15, 0.2) is 24.3 Å². The third-order valence-corrected chi connectivity index (χ3v) is 8.57. The molecular weight excluding hydrogens is 428 g/mol. The fourth-order valence-electron chi connectivity index (χ4n) is 7.32. The van der Waals surface area contributed by atoms with Crippen molar-refractivity contribution in [3.05, 3.63) is 35.4 Å². The fourth-order valence-corrected chi connectivity index (χ4v) is 7.32. The van der Waals surface area contributed by atoms with Crippen LogP contribution in [0.3, 0.4) is 0 Å².